The molecule has 3 aromatic carbocycles. The zero-order valence-corrected chi connectivity index (χ0v) is 53.4. The highest BCUT2D eigenvalue weighted by Crippen LogP contribution is 2.25. The van der Waals surface area contributed by atoms with Gasteiger partial charge in [-0.1, -0.05) is 134 Å². The molecule has 8 atom stereocenters. The van der Waals surface area contributed by atoms with Gasteiger partial charge in [-0.15, -0.1) is 0 Å². The van der Waals surface area contributed by atoms with Gasteiger partial charge in [0.25, 0.3) is 23.6 Å². The van der Waals surface area contributed by atoms with Crippen LogP contribution in [0.4, 0.5) is 0 Å². The van der Waals surface area contributed by atoms with Crippen LogP contribution in [0.3, 0.4) is 0 Å². The number of esters is 4. The maximum atomic E-state index is 15.1. The predicted molar refractivity (Wildman–Crippen MR) is 328 cm³/mol. The zero-order chi connectivity index (χ0) is 64.0. The van der Waals surface area contributed by atoms with E-state index >= 15 is 9.59 Å². The van der Waals surface area contributed by atoms with Crippen molar-refractivity contribution in [3.8, 4) is 11.3 Å². The summed E-state index contributed by atoms with van der Waals surface area (Å²) in [5, 5.41) is 9.13. The molecule has 1 aliphatic rings. The van der Waals surface area contributed by atoms with Gasteiger partial charge >= 0.3 is 23.9 Å². The molecule has 0 N–H and O–H groups in total. The molecule has 0 aliphatic carbocycles. The first-order valence-electron chi connectivity index (χ1n) is 30.2. The number of hydrogen-bond donors (Lipinski definition) is 0. The molecular formula is C67H90N8O12. The highest BCUT2D eigenvalue weighted by atomic mass is 16.6. The van der Waals surface area contributed by atoms with Gasteiger partial charge in [0.2, 0.25) is 0 Å². The summed E-state index contributed by atoms with van der Waals surface area (Å²) in [7, 11) is 5.59. The second-order valence-corrected chi connectivity index (χ2v) is 24.9. The van der Waals surface area contributed by atoms with Crippen LogP contribution in [0.2, 0.25) is 0 Å². The summed E-state index contributed by atoms with van der Waals surface area (Å²) in [6, 6.07) is 21.4. The van der Waals surface area contributed by atoms with E-state index in [1.807, 2.05) is 164 Å². The lowest BCUT2D eigenvalue weighted by Crippen LogP contribution is -2.55. The van der Waals surface area contributed by atoms with Crippen molar-refractivity contribution in [1.29, 1.82) is 0 Å². The molecule has 2 aromatic heterocycles. The smallest absolute Gasteiger partial charge is 0.329 e. The largest absolute Gasteiger partial charge is 0.451 e. The van der Waals surface area contributed by atoms with Crippen molar-refractivity contribution < 1.29 is 57.3 Å². The van der Waals surface area contributed by atoms with Gasteiger partial charge in [0, 0.05) is 59.0 Å². The van der Waals surface area contributed by atoms with Crippen LogP contribution >= 0.6 is 0 Å². The monoisotopic (exact) mass is 1200 g/mol. The molecule has 6 rings (SSSR count). The van der Waals surface area contributed by atoms with Crippen LogP contribution in [0.15, 0.2) is 104 Å². The molecular weight excluding hydrogens is 1110 g/mol. The van der Waals surface area contributed by atoms with Gasteiger partial charge in [-0.25, -0.2) is 19.2 Å². The van der Waals surface area contributed by atoms with E-state index in [1.165, 1.54) is 46.9 Å². The summed E-state index contributed by atoms with van der Waals surface area (Å²) in [5.41, 5.74) is 5.85. The average Bonchev–Trinajstić information content (AvgIpc) is 3.38. The number of aryl methyl sites for hydroxylation is 1. The number of benzene rings is 3. The molecule has 0 bridgehead atoms. The average molecular weight is 1200 g/mol. The second kappa shape index (κ2) is 31.0. The number of rotatable bonds is 17. The van der Waals surface area contributed by atoms with Crippen LogP contribution in [0.1, 0.15) is 123 Å². The maximum absolute atomic E-state index is 15.1. The van der Waals surface area contributed by atoms with Gasteiger partial charge in [-0.3, -0.25) is 28.5 Å². The molecule has 1 saturated heterocycles. The first-order chi connectivity index (χ1) is 41.1. The third-order valence-electron chi connectivity index (χ3n) is 15.5. The molecule has 20 heteroatoms. The van der Waals surface area contributed by atoms with Gasteiger partial charge in [0.1, 0.15) is 24.2 Å². The molecule has 1 aliphatic heterocycles. The predicted octanol–water partition coefficient (Wildman–Crippen LogP) is 8.13. The van der Waals surface area contributed by atoms with Gasteiger partial charge in [-0.2, -0.15) is 10.2 Å². The Balaban J connectivity index is 1.38. The van der Waals surface area contributed by atoms with Crippen LogP contribution in [-0.2, 0) is 83.2 Å². The van der Waals surface area contributed by atoms with Gasteiger partial charge in [-0.05, 0) is 104 Å². The number of nitrogens with zero attached hydrogens (tertiary/aromatic N) is 8. The topological polar surface area (TPSA) is 222 Å². The Kier molecular flexibility index (Phi) is 24.2. The summed E-state index contributed by atoms with van der Waals surface area (Å²) in [6.07, 6.45) is -0.464. The van der Waals surface area contributed by atoms with Gasteiger partial charge < -0.3 is 38.5 Å². The van der Waals surface area contributed by atoms with Gasteiger partial charge in [0.15, 0.2) is 24.4 Å². The van der Waals surface area contributed by atoms with Crippen LogP contribution in [0.25, 0.3) is 11.3 Å². The quantitative estimate of drug-likeness (QED) is 0.0634. The SMILES string of the molecule is Cc1cnn(Cc2ccc(C[C@H]3OC(=O)[C@H](CC(C)C)N(C)C(=O)[C@@H](C)OC(=O)[C@H](CC(C)C)N(C)C(=O)[C@@H](Cc4ccc(Cn5ccc(-c6ccccc6)n5)cc4)OC(=O)[C@H](CC(C)C)N(C)C(=O)[C@@H](C)OC(=O)[C@H](CC(C)C)N(C)C3=O)cc2)c1. The Morgan fingerprint density at radius 1 is 0.437 bits per heavy atom. The van der Waals surface area contributed by atoms with E-state index in [4.69, 9.17) is 24.0 Å². The van der Waals surface area contributed by atoms with Crippen molar-refractivity contribution >= 4 is 47.5 Å². The van der Waals surface area contributed by atoms with Crippen LogP contribution < -0.4 is 0 Å². The van der Waals surface area contributed by atoms with E-state index in [0.717, 1.165) is 42.6 Å². The molecule has 470 valence electrons. The molecule has 0 spiro atoms. The van der Waals surface area contributed by atoms with E-state index in [-0.39, 0.29) is 62.2 Å². The van der Waals surface area contributed by atoms with Crippen LogP contribution in [0.5, 0.6) is 0 Å². The van der Waals surface area contributed by atoms with Crippen molar-refractivity contribution in [1.82, 2.24) is 39.2 Å². The molecule has 0 saturated carbocycles. The first kappa shape index (κ1) is 68.0. The summed E-state index contributed by atoms with van der Waals surface area (Å²) in [6.45, 7) is 20.4. The molecule has 87 heavy (non-hydrogen) atoms. The van der Waals surface area contributed by atoms with Crippen molar-refractivity contribution in [2.75, 3.05) is 28.2 Å². The highest BCUT2D eigenvalue weighted by Gasteiger charge is 2.43. The van der Waals surface area contributed by atoms with Gasteiger partial charge in [0.05, 0.1) is 25.0 Å². The molecule has 1 fully saturated rings. The Hall–Kier alpha value is -8.16. The second-order valence-electron chi connectivity index (χ2n) is 24.9. The fourth-order valence-electron chi connectivity index (χ4n) is 10.6. The third kappa shape index (κ3) is 18.9. The normalized spacial score (nSPS) is 22.3. The fourth-order valence-corrected chi connectivity index (χ4v) is 10.6. The Bertz CT molecular complexity index is 3120. The van der Waals surface area contributed by atoms with Crippen molar-refractivity contribution in [2.24, 2.45) is 23.7 Å². The summed E-state index contributed by atoms with van der Waals surface area (Å²) < 4.78 is 28.0. The number of likely N-dealkylation sites (N-methyl/N-ethyl adjacent to an activating group) is 4. The lowest BCUT2D eigenvalue weighted by molar-refractivity contribution is -0.176. The summed E-state index contributed by atoms with van der Waals surface area (Å²) in [5.74, 6) is -7.47. The number of carbonyl (C=O) groups is 8. The minimum absolute atomic E-state index is 0.0768. The Morgan fingerprint density at radius 2 is 0.782 bits per heavy atom. The highest BCUT2D eigenvalue weighted by molar-refractivity contribution is 5.94. The molecule has 5 aromatic rings. The minimum Gasteiger partial charge on any atom is -0.451 e. The van der Waals surface area contributed by atoms with E-state index < -0.39 is 96.1 Å². The first-order valence-corrected chi connectivity index (χ1v) is 30.2. The van der Waals surface area contributed by atoms with E-state index in [0.29, 0.717) is 24.2 Å². The van der Waals surface area contributed by atoms with E-state index in [9.17, 15) is 28.8 Å². The summed E-state index contributed by atoms with van der Waals surface area (Å²) in [4.78, 5) is 123. The fraction of sp³-hybridized carbons (Fsp3) is 0.522. The molecule has 0 unspecified atom stereocenters. The minimum atomic E-state index is -1.55. The van der Waals surface area contributed by atoms with Crippen molar-refractivity contribution in [3.63, 3.8) is 0 Å². The number of carbonyl (C=O) groups excluding carboxylic acids is 8. The standard InChI is InChI=1S/C67H90N8O12/c1-41(2)31-54-64(80)84-47(11)61(77)71(13)57(34-44(7)8)67(83)87-59(36-49-23-27-51(28-24-49)40-75-38-45(9)37-68-75)63(79)73(15)55(32-42(3)4)65(81)85-46(10)60(76)70(12)56(33-43(5)6)66(82)86-58(62(78)72(54)14)35-48-21-25-50(26-22-48)39-74-30-29-53(69-74)52-19-17-16-18-20-52/h16-30,37-38,41-44,46-47,54-59H,31-36,39-40H2,1-15H3/t46-,47-,54+,55+,56+,57+,58-,59-/m1/s1. The number of amides is 4. The van der Waals surface area contributed by atoms with Crippen molar-refractivity contribution in [3.05, 3.63) is 131 Å². The maximum Gasteiger partial charge on any atom is 0.329 e. The van der Waals surface area contributed by atoms with E-state index in [2.05, 4.69) is 5.10 Å². The molecule has 3 heterocycles. The number of ether oxygens (including phenoxy) is 4. The number of cyclic esters (lactones) is 4. The van der Waals surface area contributed by atoms with Crippen LogP contribution in [-0.4, -0.2) is 163 Å². The molecule has 0 radical (unpaired) electrons. The van der Waals surface area contributed by atoms with Crippen LogP contribution in [0, 0.1) is 30.6 Å². The zero-order valence-electron chi connectivity index (χ0n) is 53.4. The molecule has 20 nitrogen and oxygen atoms in total. The van der Waals surface area contributed by atoms with Crippen molar-refractivity contribution in [2.45, 2.75) is 176 Å². The lowest BCUT2D eigenvalue weighted by Gasteiger charge is -2.35. The number of aromatic nitrogens is 4. The summed E-state index contributed by atoms with van der Waals surface area (Å²) >= 11 is 0. The third-order valence-corrected chi connectivity index (χ3v) is 15.5. The lowest BCUT2D eigenvalue weighted by atomic mass is 9.99. The van der Waals surface area contributed by atoms with E-state index in [1.54, 1.807) is 10.9 Å². The number of hydrogen-bond acceptors (Lipinski definition) is 14. The molecule has 4 amide bonds. The Labute approximate surface area is 512 Å². The Morgan fingerprint density at radius 3 is 1.14 bits per heavy atom.